The average Bonchev–Trinajstić information content (AvgIpc) is 2.64. The summed E-state index contributed by atoms with van der Waals surface area (Å²) in [6, 6.07) is 10.7. The predicted octanol–water partition coefficient (Wildman–Crippen LogP) is 3.61. The van der Waals surface area contributed by atoms with E-state index in [9.17, 15) is 0 Å². The second kappa shape index (κ2) is 4.69. The van der Waals surface area contributed by atoms with Crippen molar-refractivity contribution in [2.75, 3.05) is 6.54 Å². The molecule has 1 aromatic heterocycles. The van der Waals surface area contributed by atoms with Gasteiger partial charge in [-0.1, -0.05) is 37.1 Å². The van der Waals surface area contributed by atoms with Crippen molar-refractivity contribution >= 4 is 10.9 Å². The van der Waals surface area contributed by atoms with Crippen molar-refractivity contribution in [3.8, 4) is 0 Å². The Balaban J connectivity index is 2.12. The molecule has 0 radical (unpaired) electrons. The molecule has 2 heterocycles. The predicted molar refractivity (Wildman–Crippen MR) is 75.6 cm³/mol. The van der Waals surface area contributed by atoms with E-state index in [0.29, 0.717) is 0 Å². The Kier molecular flexibility index (Phi) is 3.04. The van der Waals surface area contributed by atoms with Gasteiger partial charge in [0.05, 0.1) is 5.52 Å². The lowest BCUT2D eigenvalue weighted by atomic mass is 9.86. The number of hydrogen-bond donors (Lipinski definition) is 1. The summed E-state index contributed by atoms with van der Waals surface area (Å²) in [5.41, 5.74) is 2.57. The minimum atomic E-state index is 0.0738. The summed E-state index contributed by atoms with van der Waals surface area (Å²) in [5.74, 6) is 0. The Morgan fingerprint density at radius 2 is 2.00 bits per heavy atom. The molecule has 0 saturated carbocycles. The van der Waals surface area contributed by atoms with Gasteiger partial charge < -0.3 is 5.32 Å². The molecule has 1 N–H and O–H groups in total. The van der Waals surface area contributed by atoms with Gasteiger partial charge in [0.25, 0.3) is 0 Å². The van der Waals surface area contributed by atoms with Gasteiger partial charge >= 0.3 is 0 Å². The van der Waals surface area contributed by atoms with Crippen LogP contribution in [0.15, 0.2) is 36.5 Å². The maximum atomic E-state index is 4.59. The van der Waals surface area contributed by atoms with Crippen LogP contribution >= 0.6 is 0 Å². The van der Waals surface area contributed by atoms with Crippen molar-refractivity contribution in [3.63, 3.8) is 0 Å². The number of para-hydroxylation sites is 1. The molecule has 1 aliphatic rings. The largest absolute Gasteiger partial charge is 0.308 e. The molecule has 1 fully saturated rings. The topological polar surface area (TPSA) is 24.9 Å². The molecule has 1 saturated heterocycles. The summed E-state index contributed by atoms with van der Waals surface area (Å²) >= 11 is 0. The second-order valence-electron chi connectivity index (χ2n) is 5.45. The molecule has 0 spiro atoms. The summed E-state index contributed by atoms with van der Waals surface area (Å²) < 4.78 is 0. The zero-order chi connectivity index (χ0) is 12.4. The van der Waals surface area contributed by atoms with E-state index in [1.165, 1.54) is 36.6 Å². The summed E-state index contributed by atoms with van der Waals surface area (Å²) in [4.78, 5) is 4.59. The van der Waals surface area contributed by atoms with Crippen LogP contribution in [0.3, 0.4) is 0 Å². The second-order valence-corrected chi connectivity index (χ2v) is 5.45. The van der Waals surface area contributed by atoms with E-state index in [-0.39, 0.29) is 5.54 Å². The lowest BCUT2D eigenvalue weighted by Crippen LogP contribution is -2.39. The van der Waals surface area contributed by atoms with Crippen LogP contribution in [0.1, 0.15) is 38.2 Å². The lowest BCUT2D eigenvalue weighted by Gasteiger charge is -2.30. The number of rotatable bonds is 1. The Morgan fingerprint density at radius 3 is 2.94 bits per heavy atom. The smallest absolute Gasteiger partial charge is 0.0752 e. The summed E-state index contributed by atoms with van der Waals surface area (Å²) in [5, 5.41) is 4.96. The Hall–Kier alpha value is -1.41. The number of fused-ring (bicyclic) bond motifs is 1. The average molecular weight is 240 g/mol. The highest BCUT2D eigenvalue weighted by molar-refractivity contribution is 5.82. The number of nitrogens with one attached hydrogen (secondary N) is 1. The normalized spacial score (nSPS) is 24.9. The quantitative estimate of drug-likeness (QED) is 0.823. The van der Waals surface area contributed by atoms with Crippen molar-refractivity contribution in [2.24, 2.45) is 0 Å². The molecule has 1 aromatic carbocycles. The summed E-state index contributed by atoms with van der Waals surface area (Å²) in [6.45, 7) is 3.43. The maximum Gasteiger partial charge on any atom is 0.0752 e. The van der Waals surface area contributed by atoms with Gasteiger partial charge in [0, 0.05) is 17.1 Å². The minimum absolute atomic E-state index is 0.0738. The van der Waals surface area contributed by atoms with E-state index in [2.05, 4.69) is 41.5 Å². The van der Waals surface area contributed by atoms with Gasteiger partial charge in [0.1, 0.15) is 0 Å². The number of aromatic nitrogens is 1. The SMILES string of the molecule is CC1(c2cccc3cccnc23)CCCCCN1. The van der Waals surface area contributed by atoms with Gasteiger partial charge in [-0.2, -0.15) is 0 Å². The standard InChI is InChI=1S/C16H20N2/c1-16(10-3-2-4-12-18-16)14-9-5-7-13-8-6-11-17-15(13)14/h5-9,11,18H,2-4,10,12H2,1H3. The third-order valence-corrected chi connectivity index (χ3v) is 4.10. The highest BCUT2D eigenvalue weighted by Crippen LogP contribution is 2.33. The Morgan fingerprint density at radius 1 is 1.11 bits per heavy atom. The zero-order valence-corrected chi connectivity index (χ0v) is 10.9. The van der Waals surface area contributed by atoms with Crippen LogP contribution in [0.2, 0.25) is 0 Å². The van der Waals surface area contributed by atoms with E-state index in [4.69, 9.17) is 0 Å². The third-order valence-electron chi connectivity index (χ3n) is 4.10. The van der Waals surface area contributed by atoms with Crippen LogP contribution in [0.25, 0.3) is 10.9 Å². The monoisotopic (exact) mass is 240 g/mol. The molecule has 1 unspecified atom stereocenters. The third kappa shape index (κ3) is 2.01. The number of pyridine rings is 1. The highest BCUT2D eigenvalue weighted by atomic mass is 15.0. The van der Waals surface area contributed by atoms with Gasteiger partial charge in [-0.05, 0) is 37.9 Å². The molecule has 1 aliphatic heterocycles. The van der Waals surface area contributed by atoms with Crippen LogP contribution in [0, 0.1) is 0 Å². The lowest BCUT2D eigenvalue weighted by molar-refractivity contribution is 0.362. The fourth-order valence-electron chi connectivity index (χ4n) is 3.01. The molecule has 18 heavy (non-hydrogen) atoms. The van der Waals surface area contributed by atoms with Gasteiger partial charge in [-0.15, -0.1) is 0 Å². The van der Waals surface area contributed by atoms with Crippen molar-refractivity contribution in [3.05, 3.63) is 42.1 Å². The fraction of sp³-hybridized carbons (Fsp3) is 0.438. The van der Waals surface area contributed by atoms with Crippen molar-refractivity contribution in [2.45, 2.75) is 38.1 Å². The molecular weight excluding hydrogens is 220 g/mol. The van der Waals surface area contributed by atoms with Crippen LogP contribution in [0.5, 0.6) is 0 Å². The molecule has 94 valence electrons. The maximum absolute atomic E-state index is 4.59. The molecule has 2 aromatic rings. The molecule has 2 heteroatoms. The molecule has 0 amide bonds. The molecule has 2 nitrogen and oxygen atoms in total. The number of nitrogens with zero attached hydrogens (tertiary/aromatic N) is 1. The van der Waals surface area contributed by atoms with Crippen molar-refractivity contribution in [1.82, 2.24) is 10.3 Å². The van der Waals surface area contributed by atoms with E-state index >= 15 is 0 Å². The van der Waals surface area contributed by atoms with Crippen LogP contribution in [-0.4, -0.2) is 11.5 Å². The summed E-state index contributed by atoms with van der Waals surface area (Å²) in [7, 11) is 0. The molecule has 1 atom stereocenters. The van der Waals surface area contributed by atoms with E-state index < -0.39 is 0 Å². The first-order valence-corrected chi connectivity index (χ1v) is 6.89. The first-order chi connectivity index (χ1) is 8.80. The van der Waals surface area contributed by atoms with E-state index in [0.717, 1.165) is 12.1 Å². The van der Waals surface area contributed by atoms with Crippen LogP contribution < -0.4 is 5.32 Å². The van der Waals surface area contributed by atoms with Crippen LogP contribution in [0.4, 0.5) is 0 Å². The first kappa shape index (κ1) is 11.7. The van der Waals surface area contributed by atoms with Crippen LogP contribution in [-0.2, 0) is 5.54 Å². The number of benzene rings is 1. The van der Waals surface area contributed by atoms with Crippen molar-refractivity contribution < 1.29 is 0 Å². The van der Waals surface area contributed by atoms with E-state index in [1.54, 1.807) is 0 Å². The number of hydrogen-bond acceptors (Lipinski definition) is 2. The summed E-state index contributed by atoms with van der Waals surface area (Å²) in [6.07, 6.45) is 7.01. The Bertz CT molecular complexity index is 534. The zero-order valence-electron chi connectivity index (χ0n) is 10.9. The van der Waals surface area contributed by atoms with E-state index in [1.807, 2.05) is 12.3 Å². The first-order valence-electron chi connectivity index (χ1n) is 6.89. The van der Waals surface area contributed by atoms with Gasteiger partial charge in [0.2, 0.25) is 0 Å². The molecular formula is C16H20N2. The van der Waals surface area contributed by atoms with Gasteiger partial charge in [-0.25, -0.2) is 0 Å². The molecule has 3 rings (SSSR count). The fourth-order valence-corrected chi connectivity index (χ4v) is 3.01. The molecule has 0 bridgehead atoms. The highest BCUT2D eigenvalue weighted by Gasteiger charge is 2.28. The Labute approximate surface area is 108 Å². The van der Waals surface area contributed by atoms with Gasteiger partial charge in [0.15, 0.2) is 0 Å². The molecule has 0 aliphatic carbocycles. The van der Waals surface area contributed by atoms with Crippen molar-refractivity contribution in [1.29, 1.82) is 0 Å². The van der Waals surface area contributed by atoms with Gasteiger partial charge in [-0.3, -0.25) is 4.98 Å². The minimum Gasteiger partial charge on any atom is -0.308 e.